The van der Waals surface area contributed by atoms with Gasteiger partial charge in [-0.25, -0.2) is 0 Å². The van der Waals surface area contributed by atoms with E-state index in [2.05, 4.69) is 15.9 Å². The molecule has 2 aromatic carbocycles. The highest BCUT2D eigenvalue weighted by atomic mass is 79.9. The standard InChI is InChI=1S/C16H14BrClO2/c1-20-13-9-7-12(8-10-13)16(19)15(18)14(17)11-5-3-2-4-6-11/h2-10,14-15H,1H3/t14-,15+/m0/s1. The van der Waals surface area contributed by atoms with E-state index in [0.29, 0.717) is 11.3 Å². The van der Waals surface area contributed by atoms with Gasteiger partial charge in [-0.05, 0) is 29.8 Å². The number of benzene rings is 2. The van der Waals surface area contributed by atoms with Crippen molar-refractivity contribution in [2.45, 2.75) is 10.2 Å². The summed E-state index contributed by atoms with van der Waals surface area (Å²) in [5, 5.41) is -0.661. The zero-order valence-electron chi connectivity index (χ0n) is 10.9. The second kappa shape index (κ2) is 6.91. The molecule has 0 fully saturated rings. The van der Waals surface area contributed by atoms with Crippen LogP contribution in [0.1, 0.15) is 20.7 Å². The van der Waals surface area contributed by atoms with E-state index >= 15 is 0 Å². The lowest BCUT2D eigenvalue weighted by atomic mass is 10.0. The summed E-state index contributed by atoms with van der Waals surface area (Å²) >= 11 is 9.80. The predicted octanol–water partition coefficient (Wildman–Crippen LogP) is 4.62. The zero-order chi connectivity index (χ0) is 14.5. The topological polar surface area (TPSA) is 26.3 Å². The van der Waals surface area contributed by atoms with Gasteiger partial charge in [0.1, 0.15) is 11.1 Å². The van der Waals surface area contributed by atoms with Crippen LogP contribution in [0.4, 0.5) is 0 Å². The Morgan fingerprint density at radius 1 is 1.10 bits per heavy atom. The van der Waals surface area contributed by atoms with E-state index in [9.17, 15) is 4.79 Å². The van der Waals surface area contributed by atoms with Gasteiger partial charge in [-0.2, -0.15) is 0 Å². The van der Waals surface area contributed by atoms with Crippen LogP contribution in [0.15, 0.2) is 54.6 Å². The summed E-state index contributed by atoms with van der Waals surface area (Å²) in [7, 11) is 1.59. The molecule has 2 atom stereocenters. The van der Waals surface area contributed by atoms with E-state index < -0.39 is 5.38 Å². The summed E-state index contributed by atoms with van der Waals surface area (Å²) in [4.78, 5) is 12.1. The summed E-state index contributed by atoms with van der Waals surface area (Å²) in [5.74, 6) is 0.603. The van der Waals surface area contributed by atoms with Crippen molar-refractivity contribution in [3.05, 3.63) is 65.7 Å². The number of hydrogen-bond acceptors (Lipinski definition) is 2. The number of rotatable bonds is 5. The highest BCUT2D eigenvalue weighted by molar-refractivity contribution is 9.09. The Morgan fingerprint density at radius 3 is 2.25 bits per heavy atom. The minimum Gasteiger partial charge on any atom is -0.497 e. The molecule has 2 rings (SSSR count). The molecule has 2 aromatic rings. The minimum absolute atomic E-state index is 0.111. The minimum atomic E-state index is -0.661. The van der Waals surface area contributed by atoms with Gasteiger partial charge in [-0.1, -0.05) is 46.3 Å². The molecule has 0 aromatic heterocycles. The second-order valence-electron chi connectivity index (χ2n) is 4.31. The van der Waals surface area contributed by atoms with Crippen molar-refractivity contribution in [2.24, 2.45) is 0 Å². The molecule has 0 unspecified atom stereocenters. The lowest BCUT2D eigenvalue weighted by Gasteiger charge is -2.16. The van der Waals surface area contributed by atoms with E-state index in [4.69, 9.17) is 16.3 Å². The van der Waals surface area contributed by atoms with Crippen LogP contribution in [0.2, 0.25) is 0 Å². The van der Waals surface area contributed by atoms with Crippen molar-refractivity contribution in [1.82, 2.24) is 0 Å². The molecular formula is C16H14BrClO2. The van der Waals surface area contributed by atoms with Crippen LogP contribution in [0, 0.1) is 0 Å². The SMILES string of the molecule is COc1ccc(C(=O)[C@H](Cl)[C@@H](Br)c2ccccc2)cc1. The molecule has 0 bridgehead atoms. The molecule has 0 aliphatic carbocycles. The average Bonchev–Trinajstić information content (AvgIpc) is 2.53. The quantitative estimate of drug-likeness (QED) is 0.579. The fourth-order valence-electron chi connectivity index (χ4n) is 1.85. The van der Waals surface area contributed by atoms with Gasteiger partial charge in [0.25, 0.3) is 0 Å². The lowest BCUT2D eigenvalue weighted by molar-refractivity contribution is 0.0986. The molecule has 0 aliphatic rings. The van der Waals surface area contributed by atoms with Crippen LogP contribution in [-0.2, 0) is 0 Å². The van der Waals surface area contributed by atoms with Crippen LogP contribution < -0.4 is 4.74 Å². The van der Waals surface area contributed by atoms with Gasteiger partial charge in [0.15, 0.2) is 5.78 Å². The van der Waals surface area contributed by atoms with E-state index in [1.54, 1.807) is 31.4 Å². The van der Waals surface area contributed by atoms with Gasteiger partial charge in [-0.3, -0.25) is 4.79 Å². The van der Waals surface area contributed by atoms with Crippen LogP contribution in [0.3, 0.4) is 0 Å². The number of methoxy groups -OCH3 is 1. The van der Waals surface area contributed by atoms with E-state index in [1.165, 1.54) is 0 Å². The molecule has 0 heterocycles. The van der Waals surface area contributed by atoms with Gasteiger partial charge in [0.05, 0.1) is 11.9 Å². The number of hydrogen-bond donors (Lipinski definition) is 0. The largest absolute Gasteiger partial charge is 0.497 e. The molecule has 2 nitrogen and oxygen atoms in total. The fourth-order valence-corrected chi connectivity index (χ4v) is 2.67. The van der Waals surface area contributed by atoms with Crippen molar-refractivity contribution in [1.29, 1.82) is 0 Å². The van der Waals surface area contributed by atoms with E-state index in [-0.39, 0.29) is 10.6 Å². The number of carbonyl (C=O) groups excluding carboxylic acids is 1. The fraction of sp³-hybridized carbons (Fsp3) is 0.188. The molecule has 0 aliphatic heterocycles. The van der Waals surface area contributed by atoms with Crippen molar-refractivity contribution in [2.75, 3.05) is 7.11 Å². The molecule has 104 valence electrons. The van der Waals surface area contributed by atoms with Crippen LogP contribution in [-0.4, -0.2) is 18.3 Å². The van der Waals surface area contributed by atoms with Crippen LogP contribution >= 0.6 is 27.5 Å². The Labute approximate surface area is 131 Å². The first-order valence-corrected chi connectivity index (χ1v) is 7.50. The van der Waals surface area contributed by atoms with E-state index in [0.717, 1.165) is 5.56 Å². The van der Waals surface area contributed by atoms with Gasteiger partial charge in [-0.15, -0.1) is 11.6 Å². The number of ketones is 1. The monoisotopic (exact) mass is 352 g/mol. The Morgan fingerprint density at radius 2 is 1.70 bits per heavy atom. The Hall–Kier alpha value is -1.32. The third kappa shape index (κ3) is 3.41. The Balaban J connectivity index is 2.15. The molecule has 4 heteroatoms. The second-order valence-corrected chi connectivity index (χ2v) is 5.76. The maximum atomic E-state index is 12.4. The number of ether oxygens (including phenoxy) is 1. The van der Waals surface area contributed by atoms with Gasteiger partial charge in [0.2, 0.25) is 0 Å². The maximum Gasteiger partial charge on any atom is 0.182 e. The number of carbonyl (C=O) groups is 1. The average molecular weight is 354 g/mol. The summed E-state index contributed by atoms with van der Waals surface area (Å²) in [5.41, 5.74) is 1.56. The maximum absolute atomic E-state index is 12.4. The smallest absolute Gasteiger partial charge is 0.182 e. The van der Waals surface area contributed by atoms with Crippen molar-refractivity contribution < 1.29 is 9.53 Å². The summed E-state index contributed by atoms with van der Waals surface area (Å²) in [6, 6.07) is 16.6. The first kappa shape index (κ1) is 15.1. The normalized spacial score (nSPS) is 13.6. The van der Waals surface area contributed by atoms with Gasteiger partial charge >= 0.3 is 0 Å². The molecule has 0 saturated heterocycles. The summed E-state index contributed by atoms with van der Waals surface area (Å²) in [6.45, 7) is 0. The summed E-state index contributed by atoms with van der Waals surface area (Å²) in [6.07, 6.45) is 0. The third-order valence-corrected chi connectivity index (χ3v) is 4.81. The van der Waals surface area contributed by atoms with Crippen molar-refractivity contribution >= 4 is 33.3 Å². The number of halogens is 2. The van der Waals surface area contributed by atoms with Gasteiger partial charge in [0, 0.05) is 5.56 Å². The van der Waals surface area contributed by atoms with Crippen LogP contribution in [0.25, 0.3) is 0 Å². The number of alkyl halides is 2. The first-order valence-electron chi connectivity index (χ1n) is 6.15. The Kier molecular flexibility index (Phi) is 5.21. The molecule has 0 spiro atoms. The molecule has 0 saturated carbocycles. The predicted molar refractivity (Wildman–Crippen MR) is 85.1 cm³/mol. The molecule has 0 radical (unpaired) electrons. The number of Topliss-reactive ketones (excluding diaryl/α,β-unsaturated/α-hetero) is 1. The third-order valence-electron chi connectivity index (χ3n) is 3.00. The molecular weight excluding hydrogens is 340 g/mol. The zero-order valence-corrected chi connectivity index (χ0v) is 13.3. The van der Waals surface area contributed by atoms with Crippen molar-refractivity contribution in [3.8, 4) is 5.75 Å². The molecule has 0 N–H and O–H groups in total. The van der Waals surface area contributed by atoms with E-state index in [1.807, 2.05) is 30.3 Å². The van der Waals surface area contributed by atoms with Crippen molar-refractivity contribution in [3.63, 3.8) is 0 Å². The lowest BCUT2D eigenvalue weighted by Crippen LogP contribution is -2.19. The first-order chi connectivity index (χ1) is 9.63. The molecule has 0 amide bonds. The van der Waals surface area contributed by atoms with Gasteiger partial charge < -0.3 is 4.74 Å². The summed E-state index contributed by atoms with van der Waals surface area (Å²) < 4.78 is 5.07. The Bertz CT molecular complexity index is 569. The highest BCUT2D eigenvalue weighted by Crippen LogP contribution is 2.32. The highest BCUT2D eigenvalue weighted by Gasteiger charge is 2.26. The molecule has 20 heavy (non-hydrogen) atoms. The van der Waals surface area contributed by atoms with Crippen LogP contribution in [0.5, 0.6) is 5.75 Å².